The smallest absolute Gasteiger partial charge is 0.335 e. The van der Waals surface area contributed by atoms with Crippen LogP contribution in [0.4, 0.5) is 0 Å². The van der Waals surface area contributed by atoms with Gasteiger partial charge in [-0.25, -0.2) is 9.59 Å². The number of hydrogen-bond acceptors (Lipinski definition) is 2. The molecule has 0 radical (unpaired) electrons. The molecule has 0 amide bonds. The fourth-order valence-corrected chi connectivity index (χ4v) is 5.83. The number of rotatable bonds is 16. The van der Waals surface area contributed by atoms with Gasteiger partial charge in [-0.15, -0.1) is 0 Å². The minimum atomic E-state index is -0.932. The number of benzene rings is 3. The second-order valence-corrected chi connectivity index (χ2v) is 11.3. The predicted molar refractivity (Wildman–Crippen MR) is 166 cm³/mol. The van der Waals surface area contributed by atoms with Crippen LogP contribution in [0.5, 0.6) is 0 Å². The fourth-order valence-electron chi connectivity index (χ4n) is 5.83. The lowest BCUT2D eigenvalue weighted by molar-refractivity contribution is 0.0685. The molecule has 0 saturated heterocycles. The third kappa shape index (κ3) is 8.06. The van der Waals surface area contributed by atoms with Gasteiger partial charge < -0.3 is 10.2 Å². The summed E-state index contributed by atoms with van der Waals surface area (Å²) in [5.74, 6) is -1.36. The van der Waals surface area contributed by atoms with Crippen LogP contribution in [0, 0.1) is 0 Å². The van der Waals surface area contributed by atoms with E-state index in [2.05, 4.69) is 52.0 Å². The van der Waals surface area contributed by atoms with E-state index in [1.54, 1.807) is 18.2 Å². The normalized spacial score (nSPS) is 12.7. The van der Waals surface area contributed by atoms with Crippen LogP contribution in [-0.4, -0.2) is 22.2 Å². The summed E-state index contributed by atoms with van der Waals surface area (Å²) in [6.07, 6.45) is 11.5. The van der Waals surface area contributed by atoms with Gasteiger partial charge in [-0.3, -0.25) is 0 Å². The third-order valence-corrected chi connectivity index (χ3v) is 8.15. The molecular weight excluding hydrogens is 496 g/mol. The standard InChI is InChI=1S/C36H46O4/c1-5-7-9-11-13-25(3)33-31(23-24-32(36(39)40)34(33)26(4)14-12-10-8-6-2)29-19-15-27(16-20-29)28-17-21-30(22-18-28)35(37)38/h15-26H,5-14H2,1-4H3,(H,37,38)(H,39,40)/t25-,26-/m1/s1. The molecule has 0 aliphatic rings. The molecule has 214 valence electrons. The van der Waals surface area contributed by atoms with E-state index in [4.69, 9.17) is 0 Å². The van der Waals surface area contributed by atoms with Gasteiger partial charge in [0, 0.05) is 0 Å². The fraction of sp³-hybridized carbons (Fsp3) is 0.444. The molecule has 2 N–H and O–H groups in total. The number of carboxylic acid groups (broad SMARTS) is 2. The molecule has 0 heterocycles. The minimum Gasteiger partial charge on any atom is -0.478 e. The first-order chi connectivity index (χ1) is 19.3. The van der Waals surface area contributed by atoms with E-state index >= 15 is 0 Å². The van der Waals surface area contributed by atoms with Gasteiger partial charge in [-0.05, 0) is 76.3 Å². The number of carboxylic acids is 2. The maximum atomic E-state index is 12.5. The highest BCUT2D eigenvalue weighted by molar-refractivity contribution is 5.92. The second-order valence-electron chi connectivity index (χ2n) is 11.3. The minimum absolute atomic E-state index is 0.169. The Morgan fingerprint density at radius 2 is 1.05 bits per heavy atom. The monoisotopic (exact) mass is 542 g/mol. The first-order valence-corrected chi connectivity index (χ1v) is 15.1. The maximum absolute atomic E-state index is 12.5. The molecule has 4 nitrogen and oxygen atoms in total. The molecule has 0 unspecified atom stereocenters. The van der Waals surface area contributed by atoms with Gasteiger partial charge in [-0.1, -0.05) is 122 Å². The number of carbonyl (C=O) groups is 2. The Hall–Kier alpha value is -3.40. The highest BCUT2D eigenvalue weighted by Crippen LogP contribution is 2.41. The van der Waals surface area contributed by atoms with Gasteiger partial charge >= 0.3 is 11.9 Å². The van der Waals surface area contributed by atoms with Crippen LogP contribution in [0.3, 0.4) is 0 Å². The van der Waals surface area contributed by atoms with Crippen LogP contribution in [0.25, 0.3) is 22.3 Å². The molecule has 3 aromatic carbocycles. The molecule has 0 spiro atoms. The molecule has 2 atom stereocenters. The van der Waals surface area contributed by atoms with Crippen LogP contribution in [-0.2, 0) is 0 Å². The Morgan fingerprint density at radius 3 is 1.52 bits per heavy atom. The van der Waals surface area contributed by atoms with Gasteiger partial charge in [0.1, 0.15) is 0 Å². The highest BCUT2D eigenvalue weighted by Gasteiger charge is 2.25. The third-order valence-electron chi connectivity index (χ3n) is 8.15. The zero-order valence-electron chi connectivity index (χ0n) is 24.7. The molecule has 3 rings (SSSR count). The summed E-state index contributed by atoms with van der Waals surface area (Å²) in [6, 6.07) is 19.1. The van der Waals surface area contributed by atoms with Crippen molar-refractivity contribution in [2.45, 2.75) is 104 Å². The molecular formula is C36H46O4. The van der Waals surface area contributed by atoms with Crippen LogP contribution in [0.1, 0.15) is 136 Å². The van der Waals surface area contributed by atoms with E-state index in [-0.39, 0.29) is 17.4 Å². The molecule has 40 heavy (non-hydrogen) atoms. The number of unbranched alkanes of at least 4 members (excludes halogenated alkanes) is 6. The van der Waals surface area contributed by atoms with E-state index in [0.717, 1.165) is 53.5 Å². The topological polar surface area (TPSA) is 74.6 Å². The number of aromatic carboxylic acids is 2. The molecule has 0 aromatic heterocycles. The lowest BCUT2D eigenvalue weighted by atomic mass is 9.78. The lowest BCUT2D eigenvalue weighted by Crippen LogP contribution is -2.13. The van der Waals surface area contributed by atoms with Crippen LogP contribution in [0.15, 0.2) is 60.7 Å². The van der Waals surface area contributed by atoms with Crippen molar-refractivity contribution in [2.75, 3.05) is 0 Å². The van der Waals surface area contributed by atoms with Crippen LogP contribution < -0.4 is 0 Å². The summed E-state index contributed by atoms with van der Waals surface area (Å²) in [6.45, 7) is 8.90. The molecule has 0 aliphatic heterocycles. The van der Waals surface area contributed by atoms with Crippen molar-refractivity contribution in [1.82, 2.24) is 0 Å². The Kier molecular flexibility index (Phi) is 12.0. The van der Waals surface area contributed by atoms with Gasteiger partial charge in [0.2, 0.25) is 0 Å². The van der Waals surface area contributed by atoms with Crippen molar-refractivity contribution in [3.05, 3.63) is 82.9 Å². The first-order valence-electron chi connectivity index (χ1n) is 15.1. The average Bonchev–Trinajstić information content (AvgIpc) is 2.96. The quantitative estimate of drug-likeness (QED) is 0.177. The zero-order chi connectivity index (χ0) is 29.1. The predicted octanol–water partition coefficient (Wildman–Crippen LogP) is 10.6. The van der Waals surface area contributed by atoms with Gasteiger partial charge in [-0.2, -0.15) is 0 Å². The first kappa shape index (κ1) is 31.1. The van der Waals surface area contributed by atoms with E-state index in [9.17, 15) is 19.8 Å². The summed E-state index contributed by atoms with van der Waals surface area (Å²) in [7, 11) is 0. The van der Waals surface area contributed by atoms with Gasteiger partial charge in [0.05, 0.1) is 11.1 Å². The second kappa shape index (κ2) is 15.4. The van der Waals surface area contributed by atoms with Crippen LogP contribution >= 0.6 is 0 Å². The molecule has 0 saturated carbocycles. The Bertz CT molecular complexity index is 1240. The Labute approximate surface area is 240 Å². The van der Waals surface area contributed by atoms with Crippen molar-refractivity contribution in [2.24, 2.45) is 0 Å². The molecule has 0 aliphatic carbocycles. The van der Waals surface area contributed by atoms with Crippen molar-refractivity contribution in [3.63, 3.8) is 0 Å². The van der Waals surface area contributed by atoms with E-state index < -0.39 is 11.9 Å². The largest absolute Gasteiger partial charge is 0.478 e. The summed E-state index contributed by atoms with van der Waals surface area (Å²) in [5, 5.41) is 19.4. The summed E-state index contributed by atoms with van der Waals surface area (Å²) in [4.78, 5) is 23.7. The summed E-state index contributed by atoms with van der Waals surface area (Å²) in [5.41, 5.74) is 7.10. The Morgan fingerprint density at radius 1 is 0.575 bits per heavy atom. The molecule has 0 fully saturated rings. The van der Waals surface area contributed by atoms with Gasteiger partial charge in [0.25, 0.3) is 0 Å². The van der Waals surface area contributed by atoms with E-state index in [0.29, 0.717) is 5.56 Å². The SMILES string of the molecule is CCCCCC[C@@H](C)c1c(C(=O)O)ccc(-c2ccc(-c3ccc(C(=O)O)cc3)cc2)c1[C@H](C)CCCCCC. The van der Waals surface area contributed by atoms with Crippen molar-refractivity contribution in [3.8, 4) is 22.3 Å². The van der Waals surface area contributed by atoms with E-state index in [1.165, 1.54) is 44.1 Å². The molecule has 4 heteroatoms. The van der Waals surface area contributed by atoms with Crippen molar-refractivity contribution < 1.29 is 19.8 Å². The van der Waals surface area contributed by atoms with E-state index in [1.807, 2.05) is 18.2 Å². The molecule has 0 bridgehead atoms. The van der Waals surface area contributed by atoms with Gasteiger partial charge in [0.15, 0.2) is 0 Å². The number of hydrogen-bond donors (Lipinski definition) is 2. The average molecular weight is 543 g/mol. The summed E-state index contributed by atoms with van der Waals surface area (Å²) < 4.78 is 0. The maximum Gasteiger partial charge on any atom is 0.335 e. The summed E-state index contributed by atoms with van der Waals surface area (Å²) >= 11 is 0. The highest BCUT2D eigenvalue weighted by atomic mass is 16.4. The molecule has 3 aromatic rings. The van der Waals surface area contributed by atoms with Crippen LogP contribution in [0.2, 0.25) is 0 Å². The lowest BCUT2D eigenvalue weighted by Gasteiger charge is -2.26. The zero-order valence-corrected chi connectivity index (χ0v) is 24.7. The Balaban J connectivity index is 2.04. The van der Waals surface area contributed by atoms with Crippen molar-refractivity contribution in [1.29, 1.82) is 0 Å². The van der Waals surface area contributed by atoms with Crippen molar-refractivity contribution >= 4 is 11.9 Å².